The molecule has 0 aromatic carbocycles. The minimum atomic E-state index is -4.37. The van der Waals surface area contributed by atoms with Gasteiger partial charge in [-0.3, -0.25) is 0 Å². The van der Waals surface area contributed by atoms with Crippen LogP contribution in [0.1, 0.15) is 11.5 Å². The third-order valence-electron chi connectivity index (χ3n) is 1.93. The van der Waals surface area contributed by atoms with Gasteiger partial charge >= 0.3 is 6.18 Å². The van der Waals surface area contributed by atoms with E-state index in [4.69, 9.17) is 10.3 Å². The molecule has 0 aliphatic rings. The van der Waals surface area contributed by atoms with Crippen molar-refractivity contribution < 1.29 is 17.7 Å². The van der Waals surface area contributed by atoms with Crippen LogP contribution >= 0.6 is 11.5 Å². The fraction of sp³-hybridized carbons (Fsp3) is 0.375. The summed E-state index contributed by atoms with van der Waals surface area (Å²) in [5.74, 6) is -0.453. The van der Waals surface area contributed by atoms with E-state index in [1.165, 1.54) is 0 Å². The Morgan fingerprint density at radius 3 is 2.65 bits per heavy atom. The van der Waals surface area contributed by atoms with E-state index >= 15 is 0 Å². The largest absolute Gasteiger partial charge is 0.396 e. The molecule has 2 N–H and O–H groups in total. The smallest absolute Gasteiger partial charge is 0.389 e. The molecule has 2 aromatic heterocycles. The SMILES string of the molecule is Cc1nsc(N)c1-c1nc(CC(F)(F)F)no1. The van der Waals surface area contributed by atoms with Gasteiger partial charge in [-0.25, -0.2) is 0 Å². The van der Waals surface area contributed by atoms with Crippen LogP contribution in [0.4, 0.5) is 18.2 Å². The molecule has 2 rings (SSSR count). The molecule has 0 aliphatic heterocycles. The van der Waals surface area contributed by atoms with Gasteiger partial charge in [-0.05, 0) is 18.5 Å². The van der Waals surface area contributed by atoms with Crippen molar-refractivity contribution in [3.63, 3.8) is 0 Å². The maximum absolute atomic E-state index is 12.1. The number of hydrogen-bond donors (Lipinski definition) is 1. The summed E-state index contributed by atoms with van der Waals surface area (Å²) >= 11 is 1.03. The summed E-state index contributed by atoms with van der Waals surface area (Å²) in [7, 11) is 0. The third-order valence-corrected chi connectivity index (χ3v) is 2.70. The number of nitrogens with two attached hydrogens (primary N) is 1. The van der Waals surface area contributed by atoms with E-state index in [1.54, 1.807) is 6.92 Å². The van der Waals surface area contributed by atoms with Crippen molar-refractivity contribution in [1.29, 1.82) is 0 Å². The summed E-state index contributed by atoms with van der Waals surface area (Å²) in [4.78, 5) is 3.65. The topological polar surface area (TPSA) is 77.8 Å². The van der Waals surface area contributed by atoms with Gasteiger partial charge in [0.1, 0.15) is 11.4 Å². The molecule has 0 spiro atoms. The molecule has 0 radical (unpaired) electrons. The van der Waals surface area contributed by atoms with E-state index < -0.39 is 18.4 Å². The molecule has 0 bridgehead atoms. The summed E-state index contributed by atoms with van der Waals surface area (Å²) in [6.07, 6.45) is -5.60. The maximum Gasteiger partial charge on any atom is 0.396 e. The maximum atomic E-state index is 12.1. The highest BCUT2D eigenvalue weighted by Gasteiger charge is 2.31. The lowest BCUT2D eigenvalue weighted by atomic mass is 10.2. The fourth-order valence-electron chi connectivity index (χ4n) is 1.25. The molecule has 9 heteroatoms. The first-order valence-corrected chi connectivity index (χ1v) is 5.25. The Morgan fingerprint density at radius 2 is 2.12 bits per heavy atom. The van der Waals surface area contributed by atoms with Crippen molar-refractivity contribution in [2.24, 2.45) is 0 Å². The fourth-order valence-corrected chi connectivity index (χ4v) is 1.91. The van der Waals surface area contributed by atoms with Gasteiger partial charge in [0.25, 0.3) is 5.89 Å². The van der Waals surface area contributed by atoms with Gasteiger partial charge < -0.3 is 10.3 Å². The standard InChI is InChI=1S/C8H7F3N4OS/c1-3-5(6(12)17-15-3)7-13-4(14-16-7)2-8(9,10)11/h2,12H2,1H3. The quantitative estimate of drug-likeness (QED) is 0.899. The zero-order valence-corrected chi connectivity index (χ0v) is 9.39. The number of hydrogen-bond acceptors (Lipinski definition) is 6. The van der Waals surface area contributed by atoms with Crippen LogP contribution in [0.2, 0.25) is 0 Å². The Morgan fingerprint density at radius 1 is 1.41 bits per heavy atom. The first-order chi connectivity index (χ1) is 7.87. The Labute approximate surface area is 97.6 Å². The summed E-state index contributed by atoms with van der Waals surface area (Å²) in [5.41, 5.74) is 6.57. The average molecular weight is 264 g/mol. The van der Waals surface area contributed by atoms with E-state index in [-0.39, 0.29) is 5.89 Å². The number of anilines is 1. The van der Waals surface area contributed by atoms with E-state index in [0.29, 0.717) is 16.3 Å². The average Bonchev–Trinajstić information content (AvgIpc) is 2.71. The zero-order chi connectivity index (χ0) is 12.6. The molecule has 2 heterocycles. The van der Waals surface area contributed by atoms with Crippen molar-refractivity contribution in [3.05, 3.63) is 11.5 Å². The molecule has 0 saturated carbocycles. The highest BCUT2D eigenvalue weighted by molar-refractivity contribution is 7.10. The van der Waals surface area contributed by atoms with Gasteiger partial charge in [0.05, 0.1) is 11.3 Å². The first kappa shape index (κ1) is 11.8. The Kier molecular flexibility index (Phi) is 2.77. The van der Waals surface area contributed by atoms with Gasteiger partial charge in [-0.2, -0.15) is 22.5 Å². The predicted octanol–water partition coefficient (Wildman–Crippen LogP) is 2.19. The minimum Gasteiger partial charge on any atom is -0.389 e. The number of halogens is 3. The van der Waals surface area contributed by atoms with Crippen LogP contribution in [0, 0.1) is 6.92 Å². The summed E-state index contributed by atoms with van der Waals surface area (Å²) in [6, 6.07) is 0. The van der Waals surface area contributed by atoms with E-state index in [9.17, 15) is 13.2 Å². The number of alkyl halides is 3. The molecule has 0 fully saturated rings. The first-order valence-electron chi connectivity index (χ1n) is 4.48. The lowest BCUT2D eigenvalue weighted by molar-refractivity contribution is -0.128. The van der Waals surface area contributed by atoms with Gasteiger partial charge in [-0.1, -0.05) is 5.16 Å². The highest BCUT2D eigenvalue weighted by Crippen LogP contribution is 2.31. The number of rotatable bonds is 2. The molecule has 0 aliphatic carbocycles. The van der Waals surface area contributed by atoms with Crippen LogP contribution in [0.3, 0.4) is 0 Å². The molecule has 0 saturated heterocycles. The third kappa shape index (κ3) is 2.54. The summed E-state index contributed by atoms with van der Waals surface area (Å²) in [5, 5.41) is 3.59. The Balaban J connectivity index is 2.30. The number of aromatic nitrogens is 3. The van der Waals surface area contributed by atoms with Crippen LogP contribution in [-0.4, -0.2) is 20.7 Å². The van der Waals surface area contributed by atoms with Gasteiger partial charge in [0, 0.05) is 0 Å². The van der Waals surface area contributed by atoms with Crippen LogP contribution in [0.25, 0.3) is 11.5 Å². The molecule has 17 heavy (non-hydrogen) atoms. The molecular formula is C8H7F3N4OS. The number of nitrogens with zero attached hydrogens (tertiary/aromatic N) is 3. The molecule has 92 valence electrons. The van der Waals surface area contributed by atoms with Crippen LogP contribution in [0.5, 0.6) is 0 Å². The second-order valence-corrected chi connectivity index (χ2v) is 4.12. The lowest BCUT2D eigenvalue weighted by Gasteiger charge is -1.99. The van der Waals surface area contributed by atoms with Gasteiger partial charge in [0.2, 0.25) is 0 Å². The minimum absolute atomic E-state index is 0.0343. The predicted molar refractivity (Wildman–Crippen MR) is 54.3 cm³/mol. The van der Waals surface area contributed by atoms with Crippen molar-refractivity contribution >= 4 is 16.5 Å². The summed E-state index contributed by atoms with van der Waals surface area (Å²) in [6.45, 7) is 1.66. The summed E-state index contributed by atoms with van der Waals surface area (Å²) < 4.78 is 45.0. The van der Waals surface area contributed by atoms with E-state index in [1.807, 2.05) is 0 Å². The second kappa shape index (κ2) is 3.99. The molecule has 5 nitrogen and oxygen atoms in total. The molecule has 2 aromatic rings. The second-order valence-electron chi connectivity index (χ2n) is 3.31. The molecular weight excluding hydrogens is 257 g/mol. The normalized spacial score (nSPS) is 12.0. The zero-order valence-electron chi connectivity index (χ0n) is 8.58. The monoisotopic (exact) mass is 264 g/mol. The number of nitrogen functional groups attached to an aromatic ring is 1. The molecule has 0 unspecified atom stereocenters. The van der Waals surface area contributed by atoms with Crippen LogP contribution < -0.4 is 5.73 Å². The van der Waals surface area contributed by atoms with E-state index in [2.05, 4.69) is 14.5 Å². The van der Waals surface area contributed by atoms with Crippen LogP contribution in [-0.2, 0) is 6.42 Å². The van der Waals surface area contributed by atoms with Crippen molar-refractivity contribution in [1.82, 2.24) is 14.5 Å². The number of aryl methyl sites for hydroxylation is 1. The Hall–Kier alpha value is -1.64. The molecule has 0 atom stereocenters. The highest BCUT2D eigenvalue weighted by atomic mass is 32.1. The Bertz CT molecular complexity index is 514. The van der Waals surface area contributed by atoms with Crippen molar-refractivity contribution in [3.8, 4) is 11.5 Å². The van der Waals surface area contributed by atoms with E-state index in [0.717, 1.165) is 11.5 Å². The molecule has 0 amide bonds. The van der Waals surface area contributed by atoms with Crippen molar-refractivity contribution in [2.45, 2.75) is 19.5 Å². The van der Waals surface area contributed by atoms with Gasteiger partial charge in [0.15, 0.2) is 5.82 Å². The lowest BCUT2D eigenvalue weighted by Crippen LogP contribution is -2.12. The van der Waals surface area contributed by atoms with Crippen molar-refractivity contribution in [2.75, 3.05) is 5.73 Å². The van der Waals surface area contributed by atoms with Gasteiger partial charge in [-0.15, -0.1) is 0 Å². The van der Waals surface area contributed by atoms with Crippen LogP contribution in [0.15, 0.2) is 4.52 Å².